The van der Waals surface area contributed by atoms with E-state index in [0.29, 0.717) is 22.6 Å². The third-order valence-corrected chi connectivity index (χ3v) is 7.88. The van der Waals surface area contributed by atoms with Crippen LogP contribution >= 0.6 is 0 Å². The number of amides is 1. The lowest BCUT2D eigenvalue weighted by molar-refractivity contribution is -0.149. The molecule has 0 unspecified atom stereocenters. The van der Waals surface area contributed by atoms with Gasteiger partial charge in [0.1, 0.15) is 53.7 Å². The number of aliphatic hydroxyl groups excluding tert-OH is 1. The van der Waals surface area contributed by atoms with Crippen LogP contribution in [0, 0.1) is 5.82 Å². The van der Waals surface area contributed by atoms with Crippen molar-refractivity contribution in [3.63, 3.8) is 0 Å². The van der Waals surface area contributed by atoms with Gasteiger partial charge in [-0.1, -0.05) is 0 Å². The lowest BCUT2D eigenvalue weighted by atomic mass is 9.81. The highest BCUT2D eigenvalue weighted by Crippen LogP contribution is 2.47. The number of nitrogens with two attached hydrogens (primary N) is 1. The van der Waals surface area contributed by atoms with Crippen molar-refractivity contribution in [3.8, 4) is 34.0 Å². The second-order valence-electron chi connectivity index (χ2n) is 11.1. The number of aliphatic hydroxyl groups is 1. The number of hydrogen-bond donors (Lipinski definition) is 3. The van der Waals surface area contributed by atoms with E-state index in [-0.39, 0.29) is 35.3 Å². The molecule has 9 nitrogen and oxygen atoms in total. The zero-order valence-electron chi connectivity index (χ0n) is 23.4. The van der Waals surface area contributed by atoms with Crippen LogP contribution < -0.4 is 20.5 Å². The first-order valence-electron chi connectivity index (χ1n) is 13.9. The molecule has 0 spiro atoms. The average molecular weight is 613 g/mol. The molecule has 1 saturated carbocycles. The zero-order valence-corrected chi connectivity index (χ0v) is 23.4. The fourth-order valence-corrected chi connectivity index (χ4v) is 5.02. The van der Waals surface area contributed by atoms with E-state index in [1.54, 1.807) is 13.0 Å². The minimum atomic E-state index is -4.83. The Hall–Kier alpha value is -4.49. The number of rotatable bonds is 9. The summed E-state index contributed by atoms with van der Waals surface area (Å²) >= 11 is 0. The van der Waals surface area contributed by atoms with Crippen molar-refractivity contribution < 1.29 is 41.4 Å². The van der Waals surface area contributed by atoms with E-state index < -0.39 is 47.7 Å². The maximum atomic E-state index is 14.6. The summed E-state index contributed by atoms with van der Waals surface area (Å²) in [5.41, 5.74) is 5.88. The largest absolute Gasteiger partial charge is 0.490 e. The summed E-state index contributed by atoms with van der Waals surface area (Å²) in [7, 11) is 0. The average Bonchev–Trinajstić information content (AvgIpc) is 3.49. The molecule has 3 heterocycles. The fraction of sp³-hybridized carbons (Fsp3) is 0.323. The van der Waals surface area contributed by atoms with Gasteiger partial charge in [0.15, 0.2) is 6.39 Å². The van der Waals surface area contributed by atoms with Crippen LogP contribution in [0.15, 0.2) is 65.6 Å². The molecule has 1 aliphatic heterocycles. The summed E-state index contributed by atoms with van der Waals surface area (Å²) in [5, 5.41) is 12.7. The molecule has 2 aromatic carbocycles. The number of benzene rings is 2. The van der Waals surface area contributed by atoms with Gasteiger partial charge in [0, 0.05) is 28.8 Å². The lowest BCUT2D eigenvalue weighted by Crippen LogP contribution is -2.44. The summed E-state index contributed by atoms with van der Waals surface area (Å²) in [6, 6.07) is 10.8. The van der Waals surface area contributed by atoms with Crippen molar-refractivity contribution in [1.82, 2.24) is 15.3 Å². The Morgan fingerprint density at radius 3 is 2.59 bits per heavy atom. The first kappa shape index (κ1) is 29.6. The minimum absolute atomic E-state index is 0.0172. The number of oxazole rings is 1. The molecule has 3 atom stereocenters. The second-order valence-corrected chi connectivity index (χ2v) is 11.1. The van der Waals surface area contributed by atoms with Crippen LogP contribution in [0.5, 0.6) is 11.5 Å². The number of carbonyl (C=O) groups is 1. The number of pyridine rings is 1. The van der Waals surface area contributed by atoms with Gasteiger partial charge in [-0.3, -0.25) is 4.79 Å². The van der Waals surface area contributed by atoms with Gasteiger partial charge in [-0.15, -0.1) is 0 Å². The molecule has 0 bridgehead atoms. The molecule has 4 N–H and O–H groups in total. The Kier molecular flexibility index (Phi) is 7.54. The summed E-state index contributed by atoms with van der Waals surface area (Å²) in [6.07, 6.45) is -1.93. The Bertz CT molecular complexity index is 1670. The number of alkyl halides is 3. The molecule has 1 fully saturated rings. The number of carbonyl (C=O) groups excluding carboxylic acids is 1. The predicted molar refractivity (Wildman–Crippen MR) is 149 cm³/mol. The molecule has 230 valence electrons. The number of hydrogen-bond acceptors (Lipinski definition) is 8. The van der Waals surface area contributed by atoms with E-state index in [0.717, 1.165) is 25.0 Å². The van der Waals surface area contributed by atoms with Crippen LogP contribution in [0.1, 0.15) is 47.3 Å². The zero-order chi connectivity index (χ0) is 31.2. The number of fused-ring (bicyclic) bond motifs is 1. The van der Waals surface area contributed by atoms with Crippen LogP contribution in [0.4, 0.5) is 17.6 Å². The van der Waals surface area contributed by atoms with E-state index in [1.807, 2.05) is 0 Å². The molecule has 1 aliphatic carbocycles. The van der Waals surface area contributed by atoms with E-state index in [9.17, 15) is 27.5 Å². The van der Waals surface area contributed by atoms with E-state index in [2.05, 4.69) is 15.3 Å². The first-order valence-corrected chi connectivity index (χ1v) is 13.9. The molecule has 13 heteroatoms. The molecule has 4 aromatic rings. The third-order valence-electron chi connectivity index (χ3n) is 7.88. The Balaban J connectivity index is 1.33. The molecule has 0 radical (unpaired) electrons. The standard InChI is InChI=1S/C31H28F4N4O5/c1-30(29(36)41)14-43-27-21(30)11-23(39-26(27)16-2-5-18(32)6-3-16)22(31(33,34)35)12-37-28(40)17-4-9-20(24-13-42-15-38-24)25(10-17)44-19-7-8-19/h2-6,9-11,13,15,19,22,29,41H,7-8,12,14,36H2,1H3,(H,37,40)/t22-,29-,30+/m1/s1. The maximum Gasteiger partial charge on any atom is 0.398 e. The summed E-state index contributed by atoms with van der Waals surface area (Å²) in [5.74, 6) is -3.03. The van der Waals surface area contributed by atoms with Gasteiger partial charge in [0.05, 0.1) is 17.2 Å². The quantitative estimate of drug-likeness (QED) is 0.176. The fourth-order valence-electron chi connectivity index (χ4n) is 5.02. The molecular weight excluding hydrogens is 584 g/mol. The van der Waals surface area contributed by atoms with Crippen LogP contribution in [0.3, 0.4) is 0 Å². The molecule has 44 heavy (non-hydrogen) atoms. The van der Waals surface area contributed by atoms with Gasteiger partial charge in [0.25, 0.3) is 5.91 Å². The third kappa shape index (κ3) is 5.72. The molecule has 2 aromatic heterocycles. The summed E-state index contributed by atoms with van der Waals surface area (Å²) in [4.78, 5) is 21.6. The highest BCUT2D eigenvalue weighted by Gasteiger charge is 2.47. The number of aromatic nitrogens is 2. The molecule has 1 amide bonds. The minimum Gasteiger partial charge on any atom is -0.490 e. The van der Waals surface area contributed by atoms with Crippen LogP contribution in [-0.2, 0) is 5.41 Å². The summed E-state index contributed by atoms with van der Waals surface area (Å²) < 4.78 is 74.2. The van der Waals surface area contributed by atoms with Crippen molar-refractivity contribution >= 4 is 5.91 Å². The lowest BCUT2D eigenvalue weighted by Gasteiger charge is -2.27. The predicted octanol–water partition coefficient (Wildman–Crippen LogP) is 5.09. The normalized spacial score (nSPS) is 19.2. The van der Waals surface area contributed by atoms with Crippen LogP contribution in [0.25, 0.3) is 22.5 Å². The molecule has 0 saturated heterocycles. The van der Waals surface area contributed by atoms with Gasteiger partial charge < -0.3 is 30.0 Å². The topological polar surface area (TPSA) is 133 Å². The van der Waals surface area contributed by atoms with Gasteiger partial charge in [0.2, 0.25) is 0 Å². The number of nitrogens with zero attached hydrogens (tertiary/aromatic N) is 2. The number of halogens is 4. The van der Waals surface area contributed by atoms with Crippen molar-refractivity contribution in [3.05, 3.63) is 83.8 Å². The van der Waals surface area contributed by atoms with Crippen molar-refractivity contribution in [2.24, 2.45) is 5.73 Å². The smallest absolute Gasteiger partial charge is 0.398 e. The Labute approximate surface area is 249 Å². The molecule has 2 aliphatic rings. The Morgan fingerprint density at radius 1 is 1.20 bits per heavy atom. The summed E-state index contributed by atoms with van der Waals surface area (Å²) in [6.45, 7) is 0.613. The van der Waals surface area contributed by atoms with Gasteiger partial charge >= 0.3 is 6.18 Å². The van der Waals surface area contributed by atoms with Gasteiger partial charge in [-0.25, -0.2) is 14.4 Å². The number of nitrogens with one attached hydrogen (secondary N) is 1. The van der Waals surface area contributed by atoms with E-state index >= 15 is 0 Å². The maximum absolute atomic E-state index is 14.6. The van der Waals surface area contributed by atoms with Gasteiger partial charge in [-0.2, -0.15) is 13.2 Å². The van der Waals surface area contributed by atoms with E-state index in [4.69, 9.17) is 19.6 Å². The Morgan fingerprint density at radius 2 is 1.95 bits per heavy atom. The second kappa shape index (κ2) is 11.2. The van der Waals surface area contributed by atoms with Gasteiger partial charge in [-0.05, 0) is 68.3 Å². The highest BCUT2D eigenvalue weighted by atomic mass is 19.4. The van der Waals surface area contributed by atoms with Crippen molar-refractivity contribution in [2.45, 2.75) is 49.6 Å². The van der Waals surface area contributed by atoms with Crippen molar-refractivity contribution in [2.75, 3.05) is 13.2 Å². The SMILES string of the molecule is C[C@]1([C@H](N)O)COc2c1cc([C@@H](CNC(=O)c1ccc(-c3cocn3)c(OC3CC3)c1)C(F)(F)F)nc2-c1ccc(F)cc1. The molecular formula is C31H28F4N4O5. The van der Waals surface area contributed by atoms with Crippen molar-refractivity contribution in [1.29, 1.82) is 0 Å². The highest BCUT2D eigenvalue weighted by molar-refractivity contribution is 5.95. The number of ether oxygens (including phenoxy) is 2. The molecule has 6 rings (SSSR count). The van der Waals surface area contributed by atoms with E-state index in [1.165, 1.54) is 43.0 Å². The van der Waals surface area contributed by atoms with Crippen LogP contribution in [-0.4, -0.2) is 52.6 Å². The van der Waals surface area contributed by atoms with Crippen LogP contribution in [0.2, 0.25) is 0 Å². The monoisotopic (exact) mass is 612 g/mol. The first-order chi connectivity index (χ1) is 20.9.